The second-order valence-electron chi connectivity index (χ2n) is 9.25. The highest BCUT2D eigenvalue weighted by Crippen LogP contribution is 2.61. The molecule has 0 atom stereocenters. The summed E-state index contributed by atoms with van der Waals surface area (Å²) in [5.74, 6) is 2.78. The number of hydrogen-bond donors (Lipinski definition) is 0. The Labute approximate surface area is 166 Å². The lowest BCUT2D eigenvalue weighted by Gasteiger charge is -2.57. The number of hydrogen-bond acceptors (Lipinski definition) is 3. The van der Waals surface area contributed by atoms with Crippen molar-refractivity contribution in [3.63, 3.8) is 0 Å². The first-order valence-electron chi connectivity index (χ1n) is 10.6. The first-order valence-corrected chi connectivity index (χ1v) is 10.6. The Morgan fingerprint density at radius 2 is 1.14 bits per heavy atom. The average molecular weight is 367 g/mol. The molecule has 0 N–H and O–H groups in total. The Hall–Kier alpha value is -2.55. The molecule has 4 aliphatic carbocycles. The molecule has 3 aromatic heterocycles. The van der Waals surface area contributed by atoms with Gasteiger partial charge in [0.1, 0.15) is 0 Å². The maximum Gasteiger partial charge on any atom is 0.0897 e. The Balaban J connectivity index is 1.52. The average Bonchev–Trinajstić information content (AvgIpc) is 2.74. The van der Waals surface area contributed by atoms with E-state index in [2.05, 4.69) is 34.2 Å². The van der Waals surface area contributed by atoms with E-state index in [9.17, 15) is 0 Å². The molecule has 7 rings (SSSR count). The van der Waals surface area contributed by atoms with Crippen molar-refractivity contribution in [1.29, 1.82) is 0 Å². The zero-order valence-corrected chi connectivity index (χ0v) is 16.1. The van der Waals surface area contributed by atoms with E-state index in [0.717, 1.165) is 40.5 Å². The standard InChI is InChI=1S/C25H25N3/c1-3-7-26-21(5-1)23-12-20(13-24(28-23)22-6-2-4-8-27-22)25-14-17-9-18(15-25)11-19(10-17)16-25/h1-8,12-13,17-19H,9-11,14-16H2. The molecule has 3 heterocycles. The van der Waals surface area contributed by atoms with E-state index in [-0.39, 0.29) is 0 Å². The van der Waals surface area contributed by atoms with Crippen LogP contribution in [0.2, 0.25) is 0 Å². The lowest BCUT2D eigenvalue weighted by atomic mass is 9.48. The third-order valence-corrected chi connectivity index (χ3v) is 7.33. The fourth-order valence-electron chi connectivity index (χ4n) is 6.59. The molecule has 3 heteroatoms. The Kier molecular flexibility index (Phi) is 3.65. The van der Waals surface area contributed by atoms with Gasteiger partial charge in [-0.25, -0.2) is 4.98 Å². The molecule has 3 nitrogen and oxygen atoms in total. The largest absolute Gasteiger partial charge is 0.255 e. The van der Waals surface area contributed by atoms with E-state index in [1.165, 1.54) is 44.1 Å². The molecule has 3 aromatic rings. The summed E-state index contributed by atoms with van der Waals surface area (Å²) in [4.78, 5) is 14.2. The summed E-state index contributed by atoms with van der Waals surface area (Å²) in [6, 6.07) is 16.8. The molecule has 0 spiro atoms. The van der Waals surface area contributed by atoms with Crippen LogP contribution in [0.25, 0.3) is 22.8 Å². The van der Waals surface area contributed by atoms with Crippen molar-refractivity contribution in [3.05, 3.63) is 66.5 Å². The summed E-state index contributed by atoms with van der Waals surface area (Å²) in [6.45, 7) is 0. The van der Waals surface area contributed by atoms with E-state index < -0.39 is 0 Å². The normalized spacial score (nSPS) is 30.5. The highest BCUT2D eigenvalue weighted by Gasteiger charge is 2.51. The van der Waals surface area contributed by atoms with Crippen LogP contribution >= 0.6 is 0 Å². The predicted molar refractivity (Wildman–Crippen MR) is 111 cm³/mol. The summed E-state index contributed by atoms with van der Waals surface area (Å²) >= 11 is 0. The van der Waals surface area contributed by atoms with Crippen LogP contribution in [0.3, 0.4) is 0 Å². The van der Waals surface area contributed by atoms with Gasteiger partial charge in [-0.15, -0.1) is 0 Å². The van der Waals surface area contributed by atoms with E-state index in [0.29, 0.717) is 5.41 Å². The minimum Gasteiger partial charge on any atom is -0.255 e. The first kappa shape index (κ1) is 16.4. The highest BCUT2D eigenvalue weighted by atomic mass is 14.8. The molecule has 0 unspecified atom stereocenters. The van der Waals surface area contributed by atoms with Crippen LogP contribution in [0, 0.1) is 17.8 Å². The molecule has 0 saturated heterocycles. The summed E-state index contributed by atoms with van der Waals surface area (Å²) < 4.78 is 0. The maximum atomic E-state index is 4.98. The van der Waals surface area contributed by atoms with Crippen LogP contribution in [0.1, 0.15) is 44.1 Å². The molecule has 28 heavy (non-hydrogen) atoms. The van der Waals surface area contributed by atoms with Gasteiger partial charge in [0.2, 0.25) is 0 Å². The number of aromatic nitrogens is 3. The van der Waals surface area contributed by atoms with Gasteiger partial charge in [-0.2, -0.15) is 0 Å². The van der Waals surface area contributed by atoms with Gasteiger partial charge in [0, 0.05) is 12.4 Å². The Bertz CT molecular complexity index is 904. The van der Waals surface area contributed by atoms with Gasteiger partial charge in [0.25, 0.3) is 0 Å². The maximum absolute atomic E-state index is 4.98. The second kappa shape index (κ2) is 6.23. The summed E-state index contributed by atoms with van der Waals surface area (Å²) in [5, 5.41) is 0. The van der Waals surface area contributed by atoms with Crippen LogP contribution in [-0.4, -0.2) is 15.0 Å². The minimum absolute atomic E-state index is 0.338. The van der Waals surface area contributed by atoms with E-state index in [1.54, 1.807) is 0 Å². The molecular formula is C25H25N3. The van der Waals surface area contributed by atoms with E-state index in [4.69, 9.17) is 4.98 Å². The van der Waals surface area contributed by atoms with Crippen molar-refractivity contribution in [3.8, 4) is 22.8 Å². The van der Waals surface area contributed by atoms with Crippen molar-refractivity contribution in [2.24, 2.45) is 17.8 Å². The third-order valence-electron chi connectivity index (χ3n) is 7.33. The van der Waals surface area contributed by atoms with Crippen molar-refractivity contribution in [2.45, 2.75) is 43.9 Å². The molecule has 0 amide bonds. The molecule has 140 valence electrons. The lowest BCUT2D eigenvalue weighted by Crippen LogP contribution is -2.48. The molecule has 0 radical (unpaired) electrons. The van der Waals surface area contributed by atoms with Gasteiger partial charge in [-0.05, 0) is 104 Å². The van der Waals surface area contributed by atoms with Crippen molar-refractivity contribution < 1.29 is 0 Å². The van der Waals surface area contributed by atoms with Crippen LogP contribution in [0.4, 0.5) is 0 Å². The number of nitrogens with zero attached hydrogens (tertiary/aromatic N) is 3. The monoisotopic (exact) mass is 367 g/mol. The molecule has 4 fully saturated rings. The van der Waals surface area contributed by atoms with Crippen molar-refractivity contribution in [2.75, 3.05) is 0 Å². The predicted octanol–water partition coefficient (Wildman–Crippen LogP) is 5.67. The molecule has 4 aliphatic rings. The topological polar surface area (TPSA) is 38.7 Å². The summed E-state index contributed by atoms with van der Waals surface area (Å²) in [6.07, 6.45) is 12.2. The SMILES string of the molecule is c1ccc(-c2cc(C34CC5CC(CC(C5)C3)C4)cc(-c3ccccn3)n2)nc1. The van der Waals surface area contributed by atoms with Crippen LogP contribution in [0.5, 0.6) is 0 Å². The van der Waals surface area contributed by atoms with E-state index in [1.807, 2.05) is 36.7 Å². The van der Waals surface area contributed by atoms with Gasteiger partial charge < -0.3 is 0 Å². The van der Waals surface area contributed by atoms with Crippen molar-refractivity contribution in [1.82, 2.24) is 15.0 Å². The van der Waals surface area contributed by atoms with Gasteiger partial charge >= 0.3 is 0 Å². The molecular weight excluding hydrogens is 342 g/mol. The van der Waals surface area contributed by atoms with Crippen LogP contribution in [0.15, 0.2) is 60.9 Å². The zero-order valence-electron chi connectivity index (χ0n) is 16.1. The molecule has 4 bridgehead atoms. The quantitative estimate of drug-likeness (QED) is 0.598. The van der Waals surface area contributed by atoms with Gasteiger partial charge in [0.15, 0.2) is 0 Å². The Morgan fingerprint density at radius 3 is 1.57 bits per heavy atom. The Morgan fingerprint density at radius 1 is 0.643 bits per heavy atom. The summed E-state index contributed by atoms with van der Waals surface area (Å²) in [5.41, 5.74) is 5.68. The summed E-state index contributed by atoms with van der Waals surface area (Å²) in [7, 11) is 0. The van der Waals surface area contributed by atoms with Crippen LogP contribution < -0.4 is 0 Å². The van der Waals surface area contributed by atoms with Gasteiger partial charge in [0.05, 0.1) is 22.8 Å². The van der Waals surface area contributed by atoms with Crippen LogP contribution in [-0.2, 0) is 5.41 Å². The molecule has 0 aliphatic heterocycles. The van der Waals surface area contributed by atoms with Gasteiger partial charge in [-0.1, -0.05) is 12.1 Å². The molecule has 0 aromatic carbocycles. The fourth-order valence-corrected chi connectivity index (χ4v) is 6.59. The number of pyridine rings is 3. The van der Waals surface area contributed by atoms with Crippen molar-refractivity contribution >= 4 is 0 Å². The lowest BCUT2D eigenvalue weighted by molar-refractivity contribution is -0.00518. The smallest absolute Gasteiger partial charge is 0.0897 e. The zero-order chi connectivity index (χ0) is 18.6. The highest BCUT2D eigenvalue weighted by molar-refractivity contribution is 5.64. The minimum atomic E-state index is 0.338. The fraction of sp³-hybridized carbons (Fsp3) is 0.400. The third kappa shape index (κ3) is 2.68. The van der Waals surface area contributed by atoms with E-state index >= 15 is 0 Å². The van der Waals surface area contributed by atoms with Gasteiger partial charge in [-0.3, -0.25) is 9.97 Å². The second-order valence-corrected chi connectivity index (χ2v) is 9.25. The first-order chi connectivity index (χ1) is 13.8. The molecule has 4 saturated carbocycles. The number of rotatable bonds is 3.